The van der Waals surface area contributed by atoms with Gasteiger partial charge in [-0.1, -0.05) is 0 Å². The third kappa shape index (κ3) is 5.16. The molecular weight excluding hydrogens is 146 g/mol. The van der Waals surface area contributed by atoms with Crippen LogP contribution in [-0.2, 0) is 4.79 Å². The van der Waals surface area contributed by atoms with Crippen molar-refractivity contribution in [3.05, 3.63) is 0 Å². The molecule has 0 heterocycles. The van der Waals surface area contributed by atoms with Crippen molar-refractivity contribution in [2.45, 2.75) is 6.92 Å². The molecule has 0 aromatic heterocycles. The van der Waals surface area contributed by atoms with Gasteiger partial charge in [0, 0.05) is 6.54 Å². The van der Waals surface area contributed by atoms with Crippen LogP contribution in [0.1, 0.15) is 6.92 Å². The monoisotopic (exact) mass is 159 g/mol. The second-order valence-electron chi connectivity index (χ2n) is 1.81. The van der Waals surface area contributed by atoms with Crippen LogP contribution in [0, 0.1) is 0 Å². The number of nitrogens with zero attached hydrogens (tertiary/aromatic N) is 1. The first-order valence-electron chi connectivity index (χ1n) is 3.24. The minimum atomic E-state index is -0.490. The van der Waals surface area contributed by atoms with Gasteiger partial charge in [-0.3, -0.25) is 10.2 Å². The van der Waals surface area contributed by atoms with Crippen molar-refractivity contribution < 1.29 is 4.79 Å². The zero-order valence-electron chi connectivity index (χ0n) is 6.42. The minimum absolute atomic E-state index is 0.0630. The van der Waals surface area contributed by atoms with E-state index in [0.29, 0.717) is 12.5 Å². The van der Waals surface area contributed by atoms with E-state index in [0.717, 1.165) is 0 Å². The van der Waals surface area contributed by atoms with Crippen molar-refractivity contribution >= 4 is 11.9 Å². The Labute approximate surface area is 65.0 Å². The van der Waals surface area contributed by atoms with Gasteiger partial charge in [-0.05, 0) is 6.92 Å². The number of carbonyl (C=O) groups is 1. The predicted molar refractivity (Wildman–Crippen MR) is 42.5 cm³/mol. The van der Waals surface area contributed by atoms with Crippen LogP contribution in [0.3, 0.4) is 0 Å². The van der Waals surface area contributed by atoms with Gasteiger partial charge in [-0.2, -0.15) is 0 Å². The maximum absolute atomic E-state index is 10.2. The molecule has 6 N–H and O–H groups in total. The maximum atomic E-state index is 10.2. The van der Waals surface area contributed by atoms with Gasteiger partial charge in [0.2, 0.25) is 11.9 Å². The van der Waals surface area contributed by atoms with Gasteiger partial charge < -0.3 is 11.1 Å². The van der Waals surface area contributed by atoms with E-state index in [1.165, 1.54) is 0 Å². The Morgan fingerprint density at radius 2 is 2.27 bits per heavy atom. The normalized spacial score (nSPS) is 10.9. The molecule has 0 aromatic rings. The Kier molecular flexibility index (Phi) is 4.83. The highest BCUT2D eigenvalue weighted by molar-refractivity contribution is 5.83. The smallest absolute Gasteiger partial charge is 0.239 e. The lowest BCUT2D eigenvalue weighted by molar-refractivity contribution is -0.116. The van der Waals surface area contributed by atoms with Crippen molar-refractivity contribution in [1.29, 1.82) is 0 Å². The molecule has 0 atom stereocenters. The summed E-state index contributed by atoms with van der Waals surface area (Å²) in [6.07, 6.45) is 0. The highest BCUT2D eigenvalue weighted by Crippen LogP contribution is 1.68. The molecule has 0 aliphatic carbocycles. The third-order valence-electron chi connectivity index (χ3n) is 0.874. The van der Waals surface area contributed by atoms with Gasteiger partial charge in [0.15, 0.2) is 0 Å². The van der Waals surface area contributed by atoms with Crippen molar-refractivity contribution in [3.8, 4) is 0 Å². The standard InChI is InChI=1S/C5H13N5O/c1-2-8-5(10-7)9-3-4(6)11/h2-3,7H2,1H3,(H2,6,11)(H2,8,9,10). The molecule has 0 fully saturated rings. The summed E-state index contributed by atoms with van der Waals surface area (Å²) in [7, 11) is 0. The predicted octanol–water partition coefficient (Wildman–Crippen LogP) is -2.10. The van der Waals surface area contributed by atoms with Crippen molar-refractivity contribution in [3.63, 3.8) is 0 Å². The fourth-order valence-corrected chi connectivity index (χ4v) is 0.477. The zero-order valence-corrected chi connectivity index (χ0v) is 6.42. The zero-order chi connectivity index (χ0) is 8.69. The molecule has 0 aromatic carbocycles. The lowest BCUT2D eigenvalue weighted by atomic mass is 10.6. The molecule has 0 saturated heterocycles. The van der Waals surface area contributed by atoms with Crippen LogP contribution in [0.4, 0.5) is 0 Å². The average Bonchev–Trinajstić information content (AvgIpc) is 1.97. The summed E-state index contributed by atoms with van der Waals surface area (Å²) in [4.78, 5) is 14.0. The number of carbonyl (C=O) groups excluding carboxylic acids is 1. The van der Waals surface area contributed by atoms with Gasteiger partial charge >= 0.3 is 0 Å². The number of rotatable bonds is 3. The van der Waals surface area contributed by atoms with Crippen LogP contribution in [0.15, 0.2) is 4.99 Å². The molecule has 0 spiro atoms. The Bertz CT molecular complexity index is 155. The van der Waals surface area contributed by atoms with Gasteiger partial charge in [-0.15, -0.1) is 0 Å². The lowest BCUT2D eigenvalue weighted by Crippen LogP contribution is -2.42. The SMILES string of the molecule is CCNC(=NCC(N)=O)NN. The maximum Gasteiger partial charge on any atom is 0.239 e. The van der Waals surface area contributed by atoms with E-state index >= 15 is 0 Å². The second-order valence-corrected chi connectivity index (χ2v) is 1.81. The molecule has 64 valence electrons. The van der Waals surface area contributed by atoms with E-state index in [4.69, 9.17) is 11.6 Å². The fourth-order valence-electron chi connectivity index (χ4n) is 0.477. The molecule has 0 bridgehead atoms. The fraction of sp³-hybridized carbons (Fsp3) is 0.600. The number of nitrogens with two attached hydrogens (primary N) is 2. The van der Waals surface area contributed by atoms with Crippen molar-refractivity contribution in [2.75, 3.05) is 13.1 Å². The Hall–Kier alpha value is -1.30. The molecule has 0 unspecified atom stereocenters. The number of primary amides is 1. The van der Waals surface area contributed by atoms with Crippen molar-refractivity contribution in [2.24, 2.45) is 16.6 Å². The molecule has 1 amide bonds. The number of guanidine groups is 1. The van der Waals surface area contributed by atoms with E-state index in [-0.39, 0.29) is 6.54 Å². The largest absolute Gasteiger partial charge is 0.368 e. The second kappa shape index (κ2) is 5.48. The topological polar surface area (TPSA) is 106 Å². The Morgan fingerprint density at radius 3 is 2.64 bits per heavy atom. The summed E-state index contributed by atoms with van der Waals surface area (Å²) in [5.41, 5.74) is 7.14. The number of hydrogen-bond acceptors (Lipinski definition) is 3. The van der Waals surface area contributed by atoms with E-state index in [1.54, 1.807) is 0 Å². The van der Waals surface area contributed by atoms with Crippen LogP contribution < -0.4 is 22.3 Å². The average molecular weight is 159 g/mol. The van der Waals surface area contributed by atoms with Crippen molar-refractivity contribution in [1.82, 2.24) is 10.7 Å². The van der Waals surface area contributed by atoms with E-state index < -0.39 is 5.91 Å². The highest BCUT2D eigenvalue weighted by atomic mass is 16.1. The van der Waals surface area contributed by atoms with E-state index in [2.05, 4.69) is 15.7 Å². The number of amides is 1. The Balaban J connectivity index is 3.80. The van der Waals surface area contributed by atoms with Gasteiger partial charge in [0.05, 0.1) is 0 Å². The Morgan fingerprint density at radius 1 is 1.64 bits per heavy atom. The van der Waals surface area contributed by atoms with E-state index in [1.807, 2.05) is 6.92 Å². The molecule has 6 nitrogen and oxygen atoms in total. The van der Waals surface area contributed by atoms with Crippen LogP contribution in [0.5, 0.6) is 0 Å². The highest BCUT2D eigenvalue weighted by Gasteiger charge is 1.93. The molecule has 0 rings (SSSR count). The first-order valence-corrected chi connectivity index (χ1v) is 3.24. The number of aliphatic imine (C=N–C) groups is 1. The third-order valence-corrected chi connectivity index (χ3v) is 0.874. The van der Waals surface area contributed by atoms with Crippen LogP contribution >= 0.6 is 0 Å². The molecule has 11 heavy (non-hydrogen) atoms. The summed E-state index contributed by atoms with van der Waals surface area (Å²) >= 11 is 0. The van der Waals surface area contributed by atoms with Gasteiger partial charge in [0.1, 0.15) is 6.54 Å². The summed E-state index contributed by atoms with van der Waals surface area (Å²) in [6.45, 7) is 2.51. The first kappa shape index (κ1) is 9.70. The summed E-state index contributed by atoms with van der Waals surface area (Å²) < 4.78 is 0. The quantitative estimate of drug-likeness (QED) is 0.164. The van der Waals surface area contributed by atoms with E-state index in [9.17, 15) is 4.79 Å². The van der Waals surface area contributed by atoms with Crippen LogP contribution in [-0.4, -0.2) is 25.0 Å². The lowest BCUT2D eigenvalue weighted by Gasteiger charge is -2.04. The molecule has 0 saturated carbocycles. The van der Waals surface area contributed by atoms with Crippen LogP contribution in [0.2, 0.25) is 0 Å². The molecule has 0 aliphatic heterocycles. The number of nitrogens with one attached hydrogen (secondary N) is 2. The van der Waals surface area contributed by atoms with Crippen LogP contribution in [0.25, 0.3) is 0 Å². The first-order chi connectivity index (χ1) is 5.20. The molecule has 6 heteroatoms. The minimum Gasteiger partial charge on any atom is -0.368 e. The summed E-state index contributed by atoms with van der Waals surface area (Å²) in [5.74, 6) is 4.93. The summed E-state index contributed by atoms with van der Waals surface area (Å²) in [6, 6.07) is 0. The van der Waals surface area contributed by atoms with Gasteiger partial charge in [-0.25, -0.2) is 10.8 Å². The summed E-state index contributed by atoms with van der Waals surface area (Å²) in [5, 5.41) is 2.79. The molecule has 0 radical (unpaired) electrons. The van der Waals surface area contributed by atoms with Gasteiger partial charge in [0.25, 0.3) is 0 Å². The molecule has 0 aliphatic rings. The molecular formula is C5H13N5O. The number of hydrazine groups is 1. The number of hydrogen-bond donors (Lipinski definition) is 4.